The van der Waals surface area contributed by atoms with Crippen molar-refractivity contribution in [3.8, 4) is 5.75 Å². The summed E-state index contributed by atoms with van der Waals surface area (Å²) in [5.74, 6) is 0.589. The first-order valence-corrected chi connectivity index (χ1v) is 10.0. The van der Waals surface area contributed by atoms with Gasteiger partial charge in [0.05, 0.1) is 6.61 Å². The zero-order chi connectivity index (χ0) is 20.8. The third kappa shape index (κ3) is 5.81. The Bertz CT molecular complexity index is 833. The second kappa shape index (κ2) is 9.56. The number of primary amides is 1. The average molecular weight is 396 g/mol. The molecule has 0 unspecified atom stereocenters. The molecule has 2 aromatic carbocycles. The average Bonchev–Trinajstić information content (AvgIpc) is 3.08. The topological polar surface area (TPSA) is 84.7 Å². The Balaban J connectivity index is 1.51. The number of likely N-dealkylation sites (tertiary alicyclic amines) is 1. The summed E-state index contributed by atoms with van der Waals surface area (Å²) in [5, 5.41) is 3.12. The molecule has 6 nitrogen and oxygen atoms in total. The molecular weight excluding hydrogens is 366 g/mol. The van der Waals surface area contributed by atoms with Crippen molar-refractivity contribution in [2.75, 3.05) is 26.2 Å². The van der Waals surface area contributed by atoms with Crippen LogP contribution >= 0.6 is 0 Å². The lowest BCUT2D eigenvalue weighted by Gasteiger charge is -2.19. The molecule has 1 saturated heterocycles. The number of carbonyl (C=O) groups excluding carboxylic acids is 2. The molecule has 3 N–H and O–H groups in total. The minimum Gasteiger partial charge on any atom is -0.494 e. The molecule has 0 spiro atoms. The van der Waals surface area contributed by atoms with Crippen LogP contribution in [0.3, 0.4) is 0 Å². The minimum atomic E-state index is -0.442. The molecule has 29 heavy (non-hydrogen) atoms. The highest BCUT2D eigenvalue weighted by Gasteiger charge is 2.33. The van der Waals surface area contributed by atoms with Gasteiger partial charge < -0.3 is 20.7 Å². The van der Waals surface area contributed by atoms with Gasteiger partial charge in [-0.2, -0.15) is 0 Å². The van der Waals surface area contributed by atoms with E-state index in [2.05, 4.69) is 41.4 Å². The van der Waals surface area contributed by atoms with Crippen LogP contribution in [0, 0.1) is 6.92 Å². The summed E-state index contributed by atoms with van der Waals surface area (Å²) in [4.78, 5) is 25.1. The number of nitrogens with two attached hydrogens (primary N) is 1. The van der Waals surface area contributed by atoms with E-state index in [4.69, 9.17) is 10.5 Å². The van der Waals surface area contributed by atoms with Crippen LogP contribution in [0.1, 0.15) is 40.7 Å². The van der Waals surface area contributed by atoms with E-state index in [0.29, 0.717) is 18.1 Å². The first-order valence-electron chi connectivity index (χ1n) is 10.0. The van der Waals surface area contributed by atoms with Crippen molar-refractivity contribution in [2.24, 2.45) is 5.73 Å². The zero-order valence-corrected chi connectivity index (χ0v) is 17.1. The largest absolute Gasteiger partial charge is 0.494 e. The Morgan fingerprint density at radius 3 is 2.41 bits per heavy atom. The summed E-state index contributed by atoms with van der Waals surface area (Å²) in [6, 6.07) is 15.6. The number of carbonyl (C=O) groups is 2. The van der Waals surface area contributed by atoms with Gasteiger partial charge in [-0.25, -0.2) is 0 Å². The maximum Gasteiger partial charge on any atom is 0.248 e. The Kier molecular flexibility index (Phi) is 6.88. The second-order valence-corrected chi connectivity index (χ2v) is 7.67. The number of aryl methyl sites for hydroxylation is 1. The number of hydrogen-bond donors (Lipinski definition) is 2. The van der Waals surface area contributed by atoms with Crippen molar-refractivity contribution in [1.82, 2.24) is 10.2 Å². The van der Waals surface area contributed by atoms with Gasteiger partial charge in [-0.15, -0.1) is 0 Å². The quantitative estimate of drug-likeness (QED) is 0.673. The molecule has 2 aromatic rings. The molecule has 2 amide bonds. The lowest BCUT2D eigenvalue weighted by molar-refractivity contribution is -0.119. The fraction of sp³-hybridized carbons (Fsp3) is 0.391. The molecule has 0 saturated carbocycles. The van der Waals surface area contributed by atoms with E-state index in [1.54, 1.807) is 31.2 Å². The lowest BCUT2D eigenvalue weighted by atomic mass is 9.93. The minimum absolute atomic E-state index is 0.0108. The number of hydrogen-bond acceptors (Lipinski definition) is 4. The Morgan fingerprint density at radius 1 is 1.10 bits per heavy atom. The van der Waals surface area contributed by atoms with Crippen molar-refractivity contribution in [3.63, 3.8) is 0 Å². The van der Waals surface area contributed by atoms with Crippen LogP contribution in [0.25, 0.3) is 0 Å². The van der Waals surface area contributed by atoms with Crippen LogP contribution in [-0.4, -0.2) is 49.0 Å². The standard InChI is InChI=1S/C23H29N3O3/c1-16-4-6-18(7-5-16)21-14-26(15-22(21)25-17(2)27)12-3-13-29-20-10-8-19(9-11-20)23(24)28/h4-11,21-22H,3,12-15H2,1-2H3,(H2,24,28)(H,25,27)/t21-,22+/m0/s1. The SMILES string of the molecule is CC(=O)N[C@@H]1CN(CCCOc2ccc(C(N)=O)cc2)C[C@H]1c1ccc(C)cc1. The maximum absolute atomic E-state index is 11.6. The summed E-state index contributed by atoms with van der Waals surface area (Å²) in [5.41, 5.74) is 8.22. The smallest absolute Gasteiger partial charge is 0.248 e. The fourth-order valence-electron chi connectivity index (χ4n) is 3.82. The number of benzene rings is 2. The third-order valence-corrected chi connectivity index (χ3v) is 5.32. The molecule has 1 heterocycles. The molecule has 154 valence electrons. The van der Waals surface area contributed by atoms with Gasteiger partial charge in [-0.05, 0) is 43.2 Å². The van der Waals surface area contributed by atoms with E-state index in [9.17, 15) is 9.59 Å². The molecule has 0 aromatic heterocycles. The first kappa shape index (κ1) is 20.9. The van der Waals surface area contributed by atoms with Crippen molar-refractivity contribution in [1.29, 1.82) is 0 Å². The van der Waals surface area contributed by atoms with E-state index in [-0.39, 0.29) is 11.9 Å². The Labute approximate surface area is 172 Å². The van der Waals surface area contributed by atoms with Gasteiger partial charge in [-0.1, -0.05) is 29.8 Å². The highest BCUT2D eigenvalue weighted by Crippen LogP contribution is 2.28. The Morgan fingerprint density at radius 2 is 1.79 bits per heavy atom. The van der Waals surface area contributed by atoms with Crippen molar-refractivity contribution in [2.45, 2.75) is 32.2 Å². The van der Waals surface area contributed by atoms with E-state index in [0.717, 1.165) is 31.8 Å². The van der Waals surface area contributed by atoms with Gasteiger partial charge in [0.25, 0.3) is 0 Å². The van der Waals surface area contributed by atoms with Gasteiger partial charge in [0.1, 0.15) is 5.75 Å². The second-order valence-electron chi connectivity index (χ2n) is 7.67. The summed E-state index contributed by atoms with van der Waals surface area (Å²) in [7, 11) is 0. The van der Waals surface area contributed by atoms with Crippen LogP contribution in [0.5, 0.6) is 5.75 Å². The maximum atomic E-state index is 11.6. The summed E-state index contributed by atoms with van der Waals surface area (Å²) in [6.45, 7) is 6.90. The molecule has 0 aliphatic carbocycles. The first-order chi connectivity index (χ1) is 13.9. The van der Waals surface area contributed by atoms with Crippen LogP contribution < -0.4 is 15.8 Å². The van der Waals surface area contributed by atoms with Crippen LogP contribution in [0.4, 0.5) is 0 Å². The van der Waals surface area contributed by atoms with Crippen LogP contribution in [0.2, 0.25) is 0 Å². The van der Waals surface area contributed by atoms with Crippen molar-refractivity contribution >= 4 is 11.8 Å². The normalized spacial score (nSPS) is 19.1. The van der Waals surface area contributed by atoms with Gasteiger partial charge in [0, 0.05) is 44.1 Å². The molecule has 3 rings (SSSR count). The van der Waals surface area contributed by atoms with E-state index < -0.39 is 5.91 Å². The van der Waals surface area contributed by atoms with E-state index >= 15 is 0 Å². The predicted octanol–water partition coefficient (Wildman–Crippen LogP) is 2.47. The highest BCUT2D eigenvalue weighted by atomic mass is 16.5. The van der Waals surface area contributed by atoms with Crippen molar-refractivity contribution in [3.05, 3.63) is 65.2 Å². The monoisotopic (exact) mass is 395 g/mol. The third-order valence-electron chi connectivity index (χ3n) is 5.32. The van der Waals surface area contributed by atoms with Gasteiger partial charge in [0.2, 0.25) is 11.8 Å². The number of amides is 2. The van der Waals surface area contributed by atoms with Crippen LogP contribution in [-0.2, 0) is 4.79 Å². The summed E-state index contributed by atoms with van der Waals surface area (Å²) >= 11 is 0. The van der Waals surface area contributed by atoms with E-state index in [1.807, 2.05) is 0 Å². The van der Waals surface area contributed by atoms with Gasteiger partial charge in [0.15, 0.2) is 0 Å². The molecular formula is C23H29N3O3. The molecule has 1 aliphatic rings. The molecule has 0 radical (unpaired) electrons. The summed E-state index contributed by atoms with van der Waals surface area (Å²) in [6.07, 6.45) is 0.880. The molecule has 2 atom stereocenters. The fourth-order valence-corrected chi connectivity index (χ4v) is 3.82. The van der Waals surface area contributed by atoms with Crippen LogP contribution in [0.15, 0.2) is 48.5 Å². The number of ether oxygens (including phenoxy) is 1. The van der Waals surface area contributed by atoms with Gasteiger partial charge in [-0.3, -0.25) is 9.59 Å². The van der Waals surface area contributed by atoms with Gasteiger partial charge >= 0.3 is 0 Å². The number of rotatable bonds is 8. The number of nitrogens with one attached hydrogen (secondary N) is 1. The molecule has 6 heteroatoms. The Hall–Kier alpha value is -2.86. The van der Waals surface area contributed by atoms with E-state index in [1.165, 1.54) is 11.1 Å². The zero-order valence-electron chi connectivity index (χ0n) is 17.1. The molecule has 1 aliphatic heterocycles. The summed E-state index contributed by atoms with van der Waals surface area (Å²) < 4.78 is 5.77. The highest BCUT2D eigenvalue weighted by molar-refractivity contribution is 5.92. The van der Waals surface area contributed by atoms with Crippen molar-refractivity contribution < 1.29 is 14.3 Å². The molecule has 0 bridgehead atoms. The predicted molar refractivity (Wildman–Crippen MR) is 113 cm³/mol. The lowest BCUT2D eigenvalue weighted by Crippen LogP contribution is -2.38. The molecule has 1 fully saturated rings. The number of nitrogens with zero attached hydrogens (tertiary/aromatic N) is 1.